The fourth-order valence-corrected chi connectivity index (χ4v) is 2.40. The van der Waals surface area contributed by atoms with Crippen LogP contribution in [0.3, 0.4) is 0 Å². The van der Waals surface area contributed by atoms with E-state index in [0.29, 0.717) is 11.0 Å². The molecule has 0 unspecified atom stereocenters. The predicted molar refractivity (Wildman–Crippen MR) is 69.9 cm³/mol. The first-order chi connectivity index (χ1) is 8.61. The zero-order chi connectivity index (χ0) is 13.1. The van der Waals surface area contributed by atoms with Crippen molar-refractivity contribution in [3.63, 3.8) is 0 Å². The Morgan fingerprint density at radius 2 is 2.39 bits per heavy atom. The summed E-state index contributed by atoms with van der Waals surface area (Å²) in [5, 5.41) is 11.7. The Balaban J connectivity index is 2.07. The molecule has 6 heteroatoms. The van der Waals surface area contributed by atoms with Crippen molar-refractivity contribution < 1.29 is 14.3 Å². The molecule has 1 aromatic carbocycles. The zero-order valence-corrected chi connectivity index (χ0v) is 11.3. The first kappa shape index (κ1) is 13.3. The third kappa shape index (κ3) is 2.81. The summed E-state index contributed by atoms with van der Waals surface area (Å²) in [6.07, 6.45) is 1.65. The maximum atomic E-state index is 13.6. The number of benzene rings is 1. The van der Waals surface area contributed by atoms with Crippen LogP contribution in [-0.4, -0.2) is 35.2 Å². The van der Waals surface area contributed by atoms with E-state index in [1.165, 1.54) is 12.1 Å². The molecule has 0 aromatic heterocycles. The monoisotopic (exact) mass is 316 g/mol. The van der Waals surface area contributed by atoms with Crippen LogP contribution in [0.5, 0.6) is 0 Å². The van der Waals surface area contributed by atoms with E-state index in [2.05, 4.69) is 21.2 Å². The Hall–Kier alpha value is -1.14. The van der Waals surface area contributed by atoms with Crippen molar-refractivity contribution in [3.05, 3.63) is 28.5 Å². The number of aliphatic hydroxyl groups is 1. The Morgan fingerprint density at radius 1 is 1.61 bits per heavy atom. The van der Waals surface area contributed by atoms with Crippen LogP contribution in [0.2, 0.25) is 0 Å². The van der Waals surface area contributed by atoms with Crippen molar-refractivity contribution in [1.29, 1.82) is 0 Å². The summed E-state index contributed by atoms with van der Waals surface area (Å²) >= 11 is 3.15. The number of halogens is 2. The van der Waals surface area contributed by atoms with Crippen molar-refractivity contribution in [2.75, 3.05) is 18.5 Å². The summed E-state index contributed by atoms with van der Waals surface area (Å²) < 4.78 is 14.2. The zero-order valence-electron chi connectivity index (χ0n) is 9.70. The standard InChI is InChI=1S/C12H14BrFN2O2/c13-8-3-4-11(10(14)6-8)15-12(18)16-5-1-2-9(16)7-17/h3-4,6,9,17H,1-2,5,7H2,(H,15,18)/t9-/m0/s1. The number of anilines is 1. The number of likely N-dealkylation sites (tertiary alicyclic amines) is 1. The van der Waals surface area contributed by atoms with Gasteiger partial charge in [0.2, 0.25) is 0 Å². The van der Waals surface area contributed by atoms with Gasteiger partial charge in [-0.25, -0.2) is 9.18 Å². The predicted octanol–water partition coefficient (Wildman–Crippen LogP) is 2.58. The highest BCUT2D eigenvalue weighted by Gasteiger charge is 2.28. The van der Waals surface area contributed by atoms with Crippen LogP contribution < -0.4 is 5.32 Å². The smallest absolute Gasteiger partial charge is 0.322 e. The second-order valence-corrected chi connectivity index (χ2v) is 5.14. The fourth-order valence-electron chi connectivity index (χ4n) is 2.07. The summed E-state index contributed by atoms with van der Waals surface area (Å²) in [7, 11) is 0. The molecule has 0 bridgehead atoms. The molecule has 0 aliphatic carbocycles. The van der Waals surface area contributed by atoms with Gasteiger partial charge in [-0.05, 0) is 31.0 Å². The third-order valence-corrected chi connectivity index (χ3v) is 3.51. The molecule has 1 saturated heterocycles. The van der Waals surface area contributed by atoms with Crippen LogP contribution in [0.25, 0.3) is 0 Å². The SMILES string of the molecule is O=C(Nc1ccc(Br)cc1F)N1CCC[C@H]1CO. The van der Waals surface area contributed by atoms with Gasteiger partial charge < -0.3 is 15.3 Å². The highest BCUT2D eigenvalue weighted by molar-refractivity contribution is 9.10. The van der Waals surface area contributed by atoms with Crippen LogP contribution in [0, 0.1) is 5.82 Å². The summed E-state index contributed by atoms with van der Waals surface area (Å²) in [6, 6.07) is 3.92. The lowest BCUT2D eigenvalue weighted by Gasteiger charge is -2.23. The van der Waals surface area contributed by atoms with Crippen molar-refractivity contribution in [3.8, 4) is 0 Å². The Labute approximate surface area is 113 Å². The summed E-state index contributed by atoms with van der Waals surface area (Å²) in [5.41, 5.74) is 0.145. The lowest BCUT2D eigenvalue weighted by molar-refractivity contribution is 0.166. The average Bonchev–Trinajstić information content (AvgIpc) is 2.81. The first-order valence-corrected chi connectivity index (χ1v) is 6.54. The van der Waals surface area contributed by atoms with Gasteiger partial charge in [-0.1, -0.05) is 15.9 Å². The van der Waals surface area contributed by atoms with Gasteiger partial charge in [-0.2, -0.15) is 0 Å². The number of urea groups is 1. The number of nitrogens with one attached hydrogen (secondary N) is 1. The third-order valence-electron chi connectivity index (χ3n) is 3.02. The molecule has 1 atom stereocenters. The van der Waals surface area contributed by atoms with Gasteiger partial charge in [0.25, 0.3) is 0 Å². The van der Waals surface area contributed by atoms with E-state index in [1.807, 2.05) is 0 Å². The van der Waals surface area contributed by atoms with Gasteiger partial charge in [0.15, 0.2) is 0 Å². The van der Waals surface area contributed by atoms with Gasteiger partial charge in [-0.3, -0.25) is 0 Å². The topological polar surface area (TPSA) is 52.6 Å². The number of nitrogens with zero attached hydrogens (tertiary/aromatic N) is 1. The second-order valence-electron chi connectivity index (χ2n) is 4.23. The second kappa shape index (κ2) is 5.67. The van der Waals surface area contributed by atoms with E-state index in [4.69, 9.17) is 5.11 Å². The van der Waals surface area contributed by atoms with Crippen LogP contribution in [0.4, 0.5) is 14.9 Å². The highest BCUT2D eigenvalue weighted by atomic mass is 79.9. The van der Waals surface area contributed by atoms with Crippen LogP contribution in [0.15, 0.2) is 22.7 Å². The molecule has 0 radical (unpaired) electrons. The molecule has 1 fully saturated rings. The number of amides is 2. The van der Waals surface area contributed by atoms with E-state index >= 15 is 0 Å². The number of rotatable bonds is 2. The molecule has 2 rings (SSSR count). The van der Waals surface area contributed by atoms with Crippen LogP contribution >= 0.6 is 15.9 Å². The van der Waals surface area contributed by atoms with Gasteiger partial charge in [0.05, 0.1) is 18.3 Å². The van der Waals surface area contributed by atoms with Gasteiger partial charge in [0.1, 0.15) is 5.82 Å². The average molecular weight is 317 g/mol. The molecule has 18 heavy (non-hydrogen) atoms. The minimum absolute atomic E-state index is 0.0593. The minimum atomic E-state index is -0.488. The Bertz CT molecular complexity index is 456. The number of carbonyl (C=O) groups excluding carboxylic acids is 1. The molecule has 98 valence electrons. The number of carbonyl (C=O) groups is 1. The number of hydrogen-bond acceptors (Lipinski definition) is 2. The summed E-state index contributed by atoms with van der Waals surface area (Å²) in [6.45, 7) is 0.533. The van der Waals surface area contributed by atoms with Crippen molar-refractivity contribution in [2.45, 2.75) is 18.9 Å². The van der Waals surface area contributed by atoms with Crippen molar-refractivity contribution in [2.24, 2.45) is 0 Å². The number of aliphatic hydroxyl groups excluding tert-OH is 1. The van der Waals surface area contributed by atoms with Crippen molar-refractivity contribution in [1.82, 2.24) is 4.90 Å². The fraction of sp³-hybridized carbons (Fsp3) is 0.417. The Morgan fingerprint density at radius 3 is 3.06 bits per heavy atom. The molecule has 0 spiro atoms. The van der Waals surface area contributed by atoms with Crippen LogP contribution in [-0.2, 0) is 0 Å². The lowest BCUT2D eigenvalue weighted by Crippen LogP contribution is -2.40. The molecule has 1 aliphatic heterocycles. The van der Waals surface area contributed by atoms with E-state index in [-0.39, 0.29) is 24.4 Å². The van der Waals surface area contributed by atoms with E-state index < -0.39 is 5.82 Å². The molecule has 2 N–H and O–H groups in total. The van der Waals surface area contributed by atoms with E-state index in [9.17, 15) is 9.18 Å². The van der Waals surface area contributed by atoms with Gasteiger partial charge in [-0.15, -0.1) is 0 Å². The normalized spacial score (nSPS) is 19.1. The summed E-state index contributed by atoms with van der Waals surface area (Å²) in [4.78, 5) is 13.5. The molecule has 2 amide bonds. The molecular formula is C12H14BrFN2O2. The summed E-state index contributed by atoms with van der Waals surface area (Å²) in [5.74, 6) is -0.488. The van der Waals surface area contributed by atoms with Crippen molar-refractivity contribution >= 4 is 27.6 Å². The highest BCUT2D eigenvalue weighted by Crippen LogP contribution is 2.22. The van der Waals surface area contributed by atoms with Gasteiger partial charge >= 0.3 is 6.03 Å². The maximum Gasteiger partial charge on any atom is 0.322 e. The molecule has 1 aromatic rings. The Kier molecular flexibility index (Phi) is 4.19. The number of hydrogen-bond donors (Lipinski definition) is 2. The molecular weight excluding hydrogens is 303 g/mol. The van der Waals surface area contributed by atoms with Gasteiger partial charge in [0, 0.05) is 11.0 Å². The quantitative estimate of drug-likeness (QED) is 0.881. The van der Waals surface area contributed by atoms with Crippen LogP contribution in [0.1, 0.15) is 12.8 Å². The van der Waals surface area contributed by atoms with E-state index in [0.717, 1.165) is 12.8 Å². The molecule has 1 aliphatic rings. The van der Waals surface area contributed by atoms with E-state index in [1.54, 1.807) is 11.0 Å². The molecule has 1 heterocycles. The molecule has 0 saturated carbocycles. The minimum Gasteiger partial charge on any atom is -0.394 e. The largest absolute Gasteiger partial charge is 0.394 e. The molecule has 4 nitrogen and oxygen atoms in total. The first-order valence-electron chi connectivity index (χ1n) is 5.75. The lowest BCUT2D eigenvalue weighted by atomic mass is 10.2. The maximum absolute atomic E-state index is 13.6.